The molecule has 0 bridgehead atoms. The van der Waals surface area contributed by atoms with Gasteiger partial charge in [0.25, 0.3) is 0 Å². The molecule has 1 aliphatic heterocycles. The summed E-state index contributed by atoms with van der Waals surface area (Å²) < 4.78 is 5.63. The van der Waals surface area contributed by atoms with Crippen LogP contribution in [0.4, 0.5) is 0 Å². The van der Waals surface area contributed by atoms with Crippen molar-refractivity contribution in [3.63, 3.8) is 0 Å². The molecule has 23 heavy (non-hydrogen) atoms. The lowest BCUT2D eigenvalue weighted by atomic mass is 10.2. The largest absolute Gasteiger partial charge is 0.468 e. The molecule has 1 saturated heterocycles. The minimum atomic E-state index is -0.248. The fraction of sp³-hybridized carbons (Fsp3) is 0.706. The van der Waals surface area contributed by atoms with Crippen molar-refractivity contribution in [1.82, 2.24) is 15.1 Å². The van der Waals surface area contributed by atoms with Gasteiger partial charge in [0.15, 0.2) is 5.96 Å². The lowest BCUT2D eigenvalue weighted by Crippen LogP contribution is -2.41. The van der Waals surface area contributed by atoms with Gasteiger partial charge in [0.1, 0.15) is 5.76 Å². The van der Waals surface area contributed by atoms with Gasteiger partial charge in [-0.25, -0.2) is 0 Å². The Kier molecular flexibility index (Phi) is 6.92. The molecule has 0 radical (unpaired) electrons. The maximum Gasteiger partial charge on any atom is 0.194 e. The summed E-state index contributed by atoms with van der Waals surface area (Å²) in [5, 5.41) is 13.1. The zero-order valence-electron chi connectivity index (χ0n) is 14.5. The summed E-state index contributed by atoms with van der Waals surface area (Å²) in [5.74, 6) is 1.84. The average Bonchev–Trinajstić information content (AvgIpc) is 3.21. The number of rotatable bonds is 7. The second-order valence-electron chi connectivity index (χ2n) is 5.84. The molecule has 1 fully saturated rings. The van der Waals surface area contributed by atoms with Crippen LogP contribution in [0.15, 0.2) is 27.8 Å². The van der Waals surface area contributed by atoms with Crippen LogP contribution in [0, 0.1) is 0 Å². The van der Waals surface area contributed by atoms with E-state index in [9.17, 15) is 5.11 Å². The van der Waals surface area contributed by atoms with E-state index >= 15 is 0 Å². The highest BCUT2D eigenvalue weighted by atomic mass is 16.3. The fourth-order valence-electron chi connectivity index (χ4n) is 3.06. The summed E-state index contributed by atoms with van der Waals surface area (Å²) in [5.41, 5.74) is 0. The van der Waals surface area contributed by atoms with Crippen LogP contribution in [0.3, 0.4) is 0 Å². The van der Waals surface area contributed by atoms with E-state index < -0.39 is 0 Å². The first-order valence-electron chi connectivity index (χ1n) is 8.68. The minimum absolute atomic E-state index is 0.140. The second-order valence-corrected chi connectivity index (χ2v) is 5.84. The van der Waals surface area contributed by atoms with E-state index in [-0.39, 0.29) is 12.1 Å². The Hall–Kier alpha value is -1.53. The van der Waals surface area contributed by atoms with Crippen molar-refractivity contribution >= 4 is 5.96 Å². The van der Waals surface area contributed by atoms with Crippen LogP contribution in [-0.4, -0.2) is 66.2 Å². The molecule has 1 aromatic heterocycles. The van der Waals surface area contributed by atoms with Crippen molar-refractivity contribution in [2.75, 3.05) is 39.3 Å². The number of guanidine groups is 1. The number of likely N-dealkylation sites (N-methyl/N-ethyl adjacent to an activating group) is 1. The summed E-state index contributed by atoms with van der Waals surface area (Å²) in [6.45, 7) is 11.3. The summed E-state index contributed by atoms with van der Waals surface area (Å²) in [7, 11) is 0. The fourth-order valence-corrected chi connectivity index (χ4v) is 3.06. The highest BCUT2D eigenvalue weighted by Gasteiger charge is 2.24. The lowest BCUT2D eigenvalue weighted by molar-refractivity contribution is 0.187. The number of aliphatic imine (C=N–C) groups is 1. The number of aliphatic hydroxyl groups is 1. The molecular formula is C17H30N4O2. The molecule has 1 aromatic rings. The Labute approximate surface area is 139 Å². The highest BCUT2D eigenvalue weighted by molar-refractivity contribution is 5.80. The number of likely N-dealkylation sites (tertiary alicyclic amines) is 1. The van der Waals surface area contributed by atoms with Crippen molar-refractivity contribution in [3.05, 3.63) is 24.2 Å². The molecule has 130 valence electrons. The molecule has 0 spiro atoms. The third-order valence-electron chi connectivity index (χ3n) is 4.34. The molecule has 1 aliphatic rings. The molecule has 2 atom stereocenters. The SMILES string of the molecule is CCNC(=NCC(c1ccco1)N(CC)CC)N1CC[C@@H](O)C1. The third kappa shape index (κ3) is 4.72. The first kappa shape index (κ1) is 17.8. The first-order valence-corrected chi connectivity index (χ1v) is 8.68. The van der Waals surface area contributed by atoms with Crippen LogP contribution < -0.4 is 5.32 Å². The Balaban J connectivity index is 2.12. The molecule has 2 N–H and O–H groups in total. The molecule has 0 aromatic carbocycles. The predicted molar refractivity (Wildman–Crippen MR) is 92.5 cm³/mol. The molecule has 0 saturated carbocycles. The van der Waals surface area contributed by atoms with E-state index in [1.54, 1.807) is 6.26 Å². The highest BCUT2D eigenvalue weighted by Crippen LogP contribution is 2.21. The summed E-state index contributed by atoms with van der Waals surface area (Å²) in [6, 6.07) is 4.09. The monoisotopic (exact) mass is 322 g/mol. The van der Waals surface area contributed by atoms with Crippen molar-refractivity contribution in [2.45, 2.75) is 39.3 Å². The Morgan fingerprint density at radius 3 is 2.78 bits per heavy atom. The number of nitrogens with one attached hydrogen (secondary N) is 1. The van der Waals surface area contributed by atoms with Gasteiger partial charge in [-0.2, -0.15) is 0 Å². The summed E-state index contributed by atoms with van der Waals surface area (Å²) in [4.78, 5) is 9.31. The van der Waals surface area contributed by atoms with Crippen LogP contribution in [0.25, 0.3) is 0 Å². The molecule has 2 rings (SSSR count). The van der Waals surface area contributed by atoms with Crippen molar-refractivity contribution in [3.8, 4) is 0 Å². The first-order chi connectivity index (χ1) is 11.2. The van der Waals surface area contributed by atoms with Crippen molar-refractivity contribution in [1.29, 1.82) is 0 Å². The smallest absolute Gasteiger partial charge is 0.194 e. The van der Waals surface area contributed by atoms with Crippen LogP contribution in [0.5, 0.6) is 0 Å². The van der Waals surface area contributed by atoms with Gasteiger partial charge in [-0.05, 0) is 38.6 Å². The Bertz CT molecular complexity index is 471. The molecule has 1 unspecified atom stereocenters. The maximum atomic E-state index is 9.76. The molecule has 6 heteroatoms. The average molecular weight is 322 g/mol. The van der Waals surface area contributed by atoms with E-state index in [0.29, 0.717) is 13.1 Å². The van der Waals surface area contributed by atoms with Gasteiger partial charge < -0.3 is 19.7 Å². The zero-order chi connectivity index (χ0) is 16.7. The maximum absolute atomic E-state index is 9.76. The molecule has 0 amide bonds. The van der Waals surface area contributed by atoms with Crippen LogP contribution >= 0.6 is 0 Å². The molecular weight excluding hydrogens is 292 g/mol. The topological polar surface area (TPSA) is 64.2 Å². The van der Waals surface area contributed by atoms with E-state index in [1.165, 1.54) is 0 Å². The molecule has 0 aliphatic carbocycles. The van der Waals surface area contributed by atoms with E-state index in [1.807, 2.05) is 12.1 Å². The third-order valence-corrected chi connectivity index (χ3v) is 4.34. The Morgan fingerprint density at radius 1 is 1.48 bits per heavy atom. The van der Waals surface area contributed by atoms with E-state index in [2.05, 4.69) is 35.9 Å². The standard InChI is InChI=1S/C17H30N4O2/c1-4-18-17(21-10-9-14(22)13-21)19-12-15(20(5-2)6-3)16-8-7-11-23-16/h7-8,11,14-15,22H,4-6,9-10,12-13H2,1-3H3,(H,18,19)/t14-,15?/m1/s1. The number of furan rings is 1. The number of nitrogens with zero attached hydrogens (tertiary/aromatic N) is 3. The van der Waals surface area contributed by atoms with Crippen LogP contribution in [0.2, 0.25) is 0 Å². The van der Waals surface area contributed by atoms with Gasteiger partial charge >= 0.3 is 0 Å². The van der Waals surface area contributed by atoms with Gasteiger partial charge in [-0.15, -0.1) is 0 Å². The number of hydrogen-bond donors (Lipinski definition) is 2. The number of hydrogen-bond acceptors (Lipinski definition) is 4. The van der Waals surface area contributed by atoms with Crippen LogP contribution in [0.1, 0.15) is 39.0 Å². The van der Waals surface area contributed by atoms with E-state index in [0.717, 1.165) is 44.3 Å². The number of β-amino-alcohol motifs (C(OH)–C–C–N with tert-alkyl or cyclic N) is 1. The normalized spacial score (nSPS) is 20.3. The summed E-state index contributed by atoms with van der Waals surface area (Å²) >= 11 is 0. The van der Waals surface area contributed by atoms with Gasteiger partial charge in [0.05, 0.1) is 25.0 Å². The van der Waals surface area contributed by atoms with Gasteiger partial charge in [-0.1, -0.05) is 13.8 Å². The van der Waals surface area contributed by atoms with Gasteiger partial charge in [-0.3, -0.25) is 9.89 Å². The quantitative estimate of drug-likeness (QED) is 0.591. The van der Waals surface area contributed by atoms with Crippen molar-refractivity contribution < 1.29 is 9.52 Å². The Morgan fingerprint density at radius 2 is 2.26 bits per heavy atom. The van der Waals surface area contributed by atoms with Gasteiger partial charge in [0, 0.05) is 19.6 Å². The summed E-state index contributed by atoms with van der Waals surface area (Å²) in [6.07, 6.45) is 2.28. The zero-order valence-corrected chi connectivity index (χ0v) is 14.5. The molecule has 6 nitrogen and oxygen atoms in total. The second kappa shape index (κ2) is 8.93. The minimum Gasteiger partial charge on any atom is -0.468 e. The van der Waals surface area contributed by atoms with Crippen LogP contribution in [-0.2, 0) is 0 Å². The van der Waals surface area contributed by atoms with Gasteiger partial charge in [0.2, 0.25) is 0 Å². The predicted octanol–water partition coefficient (Wildman–Crippen LogP) is 1.69. The number of aliphatic hydroxyl groups excluding tert-OH is 1. The lowest BCUT2D eigenvalue weighted by Gasteiger charge is -2.28. The molecule has 2 heterocycles. The van der Waals surface area contributed by atoms with Crippen molar-refractivity contribution in [2.24, 2.45) is 4.99 Å². The van der Waals surface area contributed by atoms with E-state index in [4.69, 9.17) is 9.41 Å².